The van der Waals surface area contributed by atoms with E-state index in [0.29, 0.717) is 0 Å². The molecule has 0 atom stereocenters. The lowest BCUT2D eigenvalue weighted by Gasteiger charge is -2.14. The fraction of sp³-hybridized carbons (Fsp3) is 0.143. The molecule has 0 amide bonds. The zero-order valence-corrected chi connectivity index (χ0v) is 20.7. The minimum atomic E-state index is 1.04. The Hall–Kier alpha value is -2.56. The van der Waals surface area contributed by atoms with Gasteiger partial charge in [-0.1, -0.05) is 80.4 Å². The van der Waals surface area contributed by atoms with Gasteiger partial charge in [-0.2, -0.15) is 0 Å². The molecule has 6 rings (SSSR count). The highest BCUT2D eigenvalue weighted by atomic mass is 79.9. The Morgan fingerprint density at radius 2 is 1.62 bits per heavy atom. The molecule has 158 valence electrons. The zero-order chi connectivity index (χ0) is 21.7. The van der Waals surface area contributed by atoms with Crippen LogP contribution in [0.1, 0.15) is 31.4 Å². The highest BCUT2D eigenvalue weighted by molar-refractivity contribution is 9.12. The van der Waals surface area contributed by atoms with Crippen LogP contribution >= 0.6 is 31.9 Å². The van der Waals surface area contributed by atoms with E-state index in [1.54, 1.807) is 0 Å². The Bertz CT molecular complexity index is 1550. The number of aromatic amines is 2. The van der Waals surface area contributed by atoms with E-state index in [2.05, 4.69) is 115 Å². The van der Waals surface area contributed by atoms with Gasteiger partial charge in [0.15, 0.2) is 0 Å². The molecule has 0 radical (unpaired) electrons. The summed E-state index contributed by atoms with van der Waals surface area (Å²) in [6, 6.07) is 17.2. The first kappa shape index (κ1) is 20.1. The number of benzene rings is 2. The summed E-state index contributed by atoms with van der Waals surface area (Å²) in [5.74, 6) is 0. The molecule has 2 aliphatic rings. The Kier molecular flexibility index (Phi) is 5.08. The highest BCUT2D eigenvalue weighted by Crippen LogP contribution is 2.41. The standard InChI is InChI=1S/C28H22Br2N2/c29-19-9-5-7-17(15-19)27-25(21-11-1-3-13-23(21)31-27)26-22-12-2-4-14-24(22)32-28(26)18-8-6-10-20(30)16-18/h1,3,5,7,9-16,31-32H,2,4,6,8H2. The molecule has 0 saturated heterocycles. The first-order chi connectivity index (χ1) is 15.7. The topological polar surface area (TPSA) is 31.6 Å². The molecule has 2 aromatic heterocycles. The second-order valence-corrected chi connectivity index (χ2v) is 10.2. The Labute approximate surface area is 203 Å². The molecule has 0 aliphatic heterocycles. The molecule has 2 aromatic carbocycles. The highest BCUT2D eigenvalue weighted by Gasteiger charge is 2.23. The van der Waals surface area contributed by atoms with Gasteiger partial charge in [0.2, 0.25) is 0 Å². The van der Waals surface area contributed by atoms with Gasteiger partial charge in [-0.3, -0.25) is 0 Å². The number of H-pyrrole nitrogens is 2. The third kappa shape index (κ3) is 3.37. The van der Waals surface area contributed by atoms with Crippen molar-refractivity contribution < 1.29 is 0 Å². The number of aromatic nitrogens is 2. The van der Waals surface area contributed by atoms with Crippen molar-refractivity contribution in [2.24, 2.45) is 0 Å². The average Bonchev–Trinajstić information content (AvgIpc) is 3.37. The molecule has 0 spiro atoms. The number of para-hydroxylation sites is 1. The predicted octanol–water partition coefficient (Wildman–Crippen LogP) is 7.40. The molecule has 0 bridgehead atoms. The fourth-order valence-corrected chi connectivity index (χ4v) is 5.89. The number of nitrogens with one attached hydrogen (secondary N) is 2. The summed E-state index contributed by atoms with van der Waals surface area (Å²) >= 11 is 7.38. The maximum absolute atomic E-state index is 3.81. The van der Waals surface area contributed by atoms with Gasteiger partial charge >= 0.3 is 0 Å². The molecule has 0 saturated carbocycles. The van der Waals surface area contributed by atoms with Crippen LogP contribution in [0.4, 0.5) is 0 Å². The molecular weight excluding hydrogens is 524 g/mol. The lowest BCUT2D eigenvalue weighted by atomic mass is 9.91. The van der Waals surface area contributed by atoms with Gasteiger partial charge in [0, 0.05) is 41.6 Å². The van der Waals surface area contributed by atoms with Crippen LogP contribution in [0.5, 0.6) is 0 Å². The monoisotopic (exact) mass is 544 g/mol. The summed E-state index contributed by atoms with van der Waals surface area (Å²) < 4.78 is 2.25. The fourth-order valence-electron chi connectivity index (χ4n) is 4.99. The van der Waals surface area contributed by atoms with Crippen molar-refractivity contribution in [3.05, 3.63) is 85.9 Å². The van der Waals surface area contributed by atoms with Crippen LogP contribution in [0.25, 0.3) is 51.0 Å². The quantitative estimate of drug-likeness (QED) is 0.269. The normalized spacial score (nSPS) is 15.6. The molecule has 0 unspecified atom stereocenters. The molecule has 2 heterocycles. The summed E-state index contributed by atoms with van der Waals surface area (Å²) in [4.78, 5) is 7.55. The summed E-state index contributed by atoms with van der Waals surface area (Å²) in [5, 5.41) is 3.84. The van der Waals surface area contributed by atoms with Crippen LogP contribution < -0.4 is 10.6 Å². The van der Waals surface area contributed by atoms with Crippen molar-refractivity contribution in [3.8, 4) is 22.4 Å². The largest absolute Gasteiger partial charge is 0.355 e. The number of allylic oxidation sites excluding steroid dienone is 4. The van der Waals surface area contributed by atoms with Gasteiger partial charge in [0.25, 0.3) is 0 Å². The molecule has 2 aliphatic carbocycles. The maximum Gasteiger partial charge on any atom is 0.0545 e. The van der Waals surface area contributed by atoms with E-state index < -0.39 is 0 Å². The van der Waals surface area contributed by atoms with Crippen molar-refractivity contribution in [2.75, 3.05) is 0 Å². The van der Waals surface area contributed by atoms with Gasteiger partial charge in [0.05, 0.1) is 11.4 Å². The lowest BCUT2D eigenvalue weighted by Crippen LogP contribution is -2.25. The summed E-state index contributed by atoms with van der Waals surface area (Å²) in [7, 11) is 0. The maximum atomic E-state index is 3.81. The Morgan fingerprint density at radius 1 is 0.750 bits per heavy atom. The smallest absolute Gasteiger partial charge is 0.0545 e. The predicted molar refractivity (Wildman–Crippen MR) is 143 cm³/mol. The van der Waals surface area contributed by atoms with E-state index in [1.807, 2.05) is 0 Å². The van der Waals surface area contributed by atoms with Crippen LogP contribution in [0.15, 0.2) is 69.6 Å². The number of hydrogen-bond acceptors (Lipinski definition) is 0. The molecule has 4 heteroatoms. The summed E-state index contributed by atoms with van der Waals surface area (Å²) in [6.07, 6.45) is 13.5. The third-order valence-corrected chi connectivity index (χ3v) is 7.43. The first-order valence-corrected chi connectivity index (χ1v) is 12.6. The zero-order valence-electron chi connectivity index (χ0n) is 17.5. The van der Waals surface area contributed by atoms with E-state index in [0.717, 1.165) is 40.2 Å². The molecule has 2 nitrogen and oxygen atoms in total. The van der Waals surface area contributed by atoms with Gasteiger partial charge in [-0.25, -0.2) is 0 Å². The van der Waals surface area contributed by atoms with Crippen molar-refractivity contribution in [2.45, 2.75) is 25.7 Å². The van der Waals surface area contributed by atoms with E-state index in [9.17, 15) is 0 Å². The van der Waals surface area contributed by atoms with Crippen molar-refractivity contribution in [1.29, 1.82) is 0 Å². The van der Waals surface area contributed by atoms with Crippen LogP contribution in [-0.4, -0.2) is 9.97 Å². The molecule has 2 N–H and O–H groups in total. The summed E-state index contributed by atoms with van der Waals surface area (Å²) in [6.45, 7) is 0. The Morgan fingerprint density at radius 3 is 2.50 bits per heavy atom. The Balaban J connectivity index is 1.74. The SMILES string of the molecule is BrC1=CCCC(c2[nH]c3c(c2-c2c(-c4cccc(Br)c4)[nH]c4ccccc24)=CCCC=3)=C1. The van der Waals surface area contributed by atoms with E-state index in [-0.39, 0.29) is 0 Å². The van der Waals surface area contributed by atoms with Gasteiger partial charge < -0.3 is 9.97 Å². The average molecular weight is 546 g/mol. The van der Waals surface area contributed by atoms with E-state index in [1.165, 1.54) is 49.6 Å². The van der Waals surface area contributed by atoms with Crippen LogP contribution in [0, 0.1) is 0 Å². The van der Waals surface area contributed by atoms with Crippen LogP contribution in [0.3, 0.4) is 0 Å². The van der Waals surface area contributed by atoms with Crippen LogP contribution in [0.2, 0.25) is 0 Å². The number of rotatable bonds is 3. The van der Waals surface area contributed by atoms with Crippen molar-refractivity contribution in [3.63, 3.8) is 0 Å². The number of fused-ring (bicyclic) bond motifs is 2. The number of halogens is 2. The minimum absolute atomic E-state index is 1.04. The van der Waals surface area contributed by atoms with Crippen molar-refractivity contribution in [1.82, 2.24) is 9.97 Å². The lowest BCUT2D eigenvalue weighted by molar-refractivity contribution is 1.04. The molecule has 4 aromatic rings. The van der Waals surface area contributed by atoms with Gasteiger partial charge in [-0.05, 0) is 61.1 Å². The van der Waals surface area contributed by atoms with E-state index >= 15 is 0 Å². The second kappa shape index (κ2) is 8.09. The third-order valence-electron chi connectivity index (χ3n) is 6.39. The molecule has 32 heavy (non-hydrogen) atoms. The second-order valence-electron chi connectivity index (χ2n) is 8.42. The van der Waals surface area contributed by atoms with Gasteiger partial charge in [0.1, 0.15) is 0 Å². The van der Waals surface area contributed by atoms with Crippen molar-refractivity contribution >= 4 is 60.5 Å². The van der Waals surface area contributed by atoms with E-state index in [4.69, 9.17) is 0 Å². The molecule has 0 fully saturated rings. The molecular formula is C28H22Br2N2. The van der Waals surface area contributed by atoms with Gasteiger partial charge in [-0.15, -0.1) is 0 Å². The minimum Gasteiger partial charge on any atom is -0.355 e. The first-order valence-electron chi connectivity index (χ1n) is 11.0. The number of hydrogen-bond donors (Lipinski definition) is 2. The van der Waals surface area contributed by atoms with Crippen LogP contribution in [-0.2, 0) is 0 Å². The summed E-state index contributed by atoms with van der Waals surface area (Å²) in [5.41, 5.74) is 8.72.